The molecule has 4 unspecified atom stereocenters. The highest BCUT2D eigenvalue weighted by molar-refractivity contribution is 8.00. The van der Waals surface area contributed by atoms with Crippen LogP contribution in [0.5, 0.6) is 0 Å². The predicted octanol–water partition coefficient (Wildman–Crippen LogP) is 2.08. The van der Waals surface area contributed by atoms with Crippen molar-refractivity contribution in [3.8, 4) is 0 Å². The molecule has 2 aliphatic rings. The molecule has 0 saturated carbocycles. The molecule has 0 aliphatic carbocycles. The number of ether oxygens (including phenoxy) is 2. The van der Waals surface area contributed by atoms with Crippen LogP contribution in [-0.4, -0.2) is 90.7 Å². The number of hydrogen-bond donors (Lipinski definition) is 4. The van der Waals surface area contributed by atoms with Gasteiger partial charge >= 0.3 is 23.9 Å². The minimum Gasteiger partial charge on any atom is -0.481 e. The van der Waals surface area contributed by atoms with Gasteiger partial charge in [-0.3, -0.25) is 19.2 Å². The van der Waals surface area contributed by atoms with E-state index in [-0.39, 0.29) is 12.8 Å². The summed E-state index contributed by atoms with van der Waals surface area (Å²) >= 11 is 3.58. The fraction of sp³-hybridized carbons (Fsp3) is 0.826. The highest BCUT2D eigenvalue weighted by Crippen LogP contribution is 2.40. The third-order valence-corrected chi connectivity index (χ3v) is 8.49. The van der Waals surface area contributed by atoms with E-state index in [0.717, 1.165) is 30.1 Å². The first-order chi connectivity index (χ1) is 16.4. The minimum atomic E-state index is -1.80. The number of carbonyl (C=O) groups is 4. The molecule has 0 spiro atoms. The third-order valence-electron chi connectivity index (χ3n) is 6.11. The van der Waals surface area contributed by atoms with Crippen molar-refractivity contribution < 1.29 is 49.1 Å². The van der Waals surface area contributed by atoms with Crippen molar-refractivity contribution in [2.75, 3.05) is 23.0 Å². The number of aliphatic hydroxyl groups is 2. The average molecular weight is 537 g/mol. The molecular weight excluding hydrogens is 500 g/mol. The van der Waals surface area contributed by atoms with Gasteiger partial charge in [0.25, 0.3) is 0 Å². The Hall–Kier alpha value is -1.50. The molecule has 2 fully saturated rings. The molecule has 0 aromatic rings. The van der Waals surface area contributed by atoms with Crippen molar-refractivity contribution in [1.29, 1.82) is 0 Å². The molecule has 2 aliphatic heterocycles. The number of thioether (sulfide) groups is 2. The number of rotatable bonds is 15. The van der Waals surface area contributed by atoms with Gasteiger partial charge in [0.1, 0.15) is 12.2 Å². The molecule has 0 aromatic carbocycles. The van der Waals surface area contributed by atoms with Gasteiger partial charge in [0.2, 0.25) is 0 Å². The molecule has 2 rings (SSSR count). The van der Waals surface area contributed by atoms with Gasteiger partial charge in [-0.05, 0) is 42.3 Å². The van der Waals surface area contributed by atoms with Crippen LogP contribution < -0.4 is 0 Å². The van der Waals surface area contributed by atoms with Crippen molar-refractivity contribution >= 4 is 47.4 Å². The first kappa shape index (κ1) is 29.7. The summed E-state index contributed by atoms with van der Waals surface area (Å²) < 4.78 is 11.0. The van der Waals surface area contributed by atoms with E-state index in [0.29, 0.717) is 12.2 Å². The molecule has 2 saturated heterocycles. The van der Waals surface area contributed by atoms with E-state index in [1.54, 1.807) is 11.8 Å². The lowest BCUT2D eigenvalue weighted by atomic mass is 9.76. The maximum absolute atomic E-state index is 12.3. The van der Waals surface area contributed by atoms with Crippen molar-refractivity contribution in [1.82, 2.24) is 0 Å². The van der Waals surface area contributed by atoms with Gasteiger partial charge < -0.3 is 29.9 Å². The molecule has 2 heterocycles. The van der Waals surface area contributed by atoms with Crippen LogP contribution in [0.15, 0.2) is 0 Å². The molecular formula is C23H36O10S2. The Kier molecular flexibility index (Phi) is 11.6. The Morgan fingerprint density at radius 1 is 0.886 bits per heavy atom. The van der Waals surface area contributed by atoms with Gasteiger partial charge in [0.05, 0.1) is 36.9 Å². The van der Waals surface area contributed by atoms with Gasteiger partial charge in [-0.2, -0.15) is 23.5 Å². The molecule has 0 aromatic heterocycles. The van der Waals surface area contributed by atoms with Crippen LogP contribution in [0.4, 0.5) is 0 Å². The molecule has 12 heteroatoms. The van der Waals surface area contributed by atoms with Crippen LogP contribution >= 0.6 is 23.5 Å². The molecule has 4 N–H and O–H groups in total. The van der Waals surface area contributed by atoms with E-state index in [2.05, 4.69) is 6.92 Å². The topological polar surface area (TPSA) is 168 Å². The normalized spacial score (nSPS) is 29.8. The standard InChI is InChI=1S/C23H36O10S2/c1-2-5-34-6-3-7-35-8-4-15(16-9-22(30,11-18(24)25)13-20(28)32-16)17-10-23(31,12-19(26)27)14-21(29)33-17/h15-17,30-31H,2-14H2,1H3,(H,24,25)(H,26,27). The Bertz CT molecular complexity index is 703. The van der Waals surface area contributed by atoms with Crippen LogP contribution in [-0.2, 0) is 28.7 Å². The van der Waals surface area contributed by atoms with E-state index in [1.165, 1.54) is 0 Å². The molecule has 10 nitrogen and oxygen atoms in total. The number of aliphatic carboxylic acids is 2. The lowest BCUT2D eigenvalue weighted by molar-refractivity contribution is -0.195. The quantitative estimate of drug-likeness (QED) is 0.178. The summed E-state index contributed by atoms with van der Waals surface area (Å²) in [5, 5.41) is 39.9. The van der Waals surface area contributed by atoms with Crippen LogP contribution in [0.25, 0.3) is 0 Å². The van der Waals surface area contributed by atoms with E-state index >= 15 is 0 Å². The zero-order chi connectivity index (χ0) is 26.1. The first-order valence-electron chi connectivity index (χ1n) is 11.9. The van der Waals surface area contributed by atoms with E-state index in [4.69, 9.17) is 9.47 Å². The SMILES string of the molecule is CCCSCCCSCCC(C1CC(O)(CC(=O)O)CC(=O)O1)C1CC(O)(CC(=O)O)CC(=O)O1. The fourth-order valence-corrected chi connectivity index (χ4v) is 6.70. The second kappa shape index (κ2) is 13.7. The van der Waals surface area contributed by atoms with Gasteiger partial charge in [0, 0.05) is 18.8 Å². The summed E-state index contributed by atoms with van der Waals surface area (Å²) in [5.41, 5.74) is -3.60. The summed E-state index contributed by atoms with van der Waals surface area (Å²) in [5.74, 6) is -0.948. The highest BCUT2D eigenvalue weighted by Gasteiger charge is 2.50. The zero-order valence-corrected chi connectivity index (χ0v) is 21.6. The third kappa shape index (κ3) is 10.2. The lowest BCUT2D eigenvalue weighted by Crippen LogP contribution is -2.53. The summed E-state index contributed by atoms with van der Waals surface area (Å²) in [6, 6.07) is 0. The summed E-state index contributed by atoms with van der Waals surface area (Å²) in [7, 11) is 0. The number of esters is 2. The smallest absolute Gasteiger partial charge is 0.309 e. The van der Waals surface area contributed by atoms with Crippen molar-refractivity contribution in [3.05, 3.63) is 0 Å². The predicted molar refractivity (Wildman–Crippen MR) is 130 cm³/mol. The average Bonchev–Trinajstić information content (AvgIpc) is 2.69. The second-order valence-corrected chi connectivity index (χ2v) is 11.9. The van der Waals surface area contributed by atoms with E-state index in [9.17, 15) is 39.6 Å². The van der Waals surface area contributed by atoms with Crippen LogP contribution in [0.1, 0.15) is 64.7 Å². The van der Waals surface area contributed by atoms with Gasteiger partial charge in [-0.25, -0.2) is 0 Å². The number of cyclic esters (lactones) is 2. The highest BCUT2D eigenvalue weighted by atomic mass is 32.2. The van der Waals surface area contributed by atoms with Crippen LogP contribution in [0.3, 0.4) is 0 Å². The molecule has 35 heavy (non-hydrogen) atoms. The Morgan fingerprint density at radius 3 is 1.77 bits per heavy atom. The van der Waals surface area contributed by atoms with Gasteiger partial charge in [0.15, 0.2) is 0 Å². The second-order valence-electron chi connectivity index (χ2n) is 9.44. The van der Waals surface area contributed by atoms with Crippen LogP contribution in [0, 0.1) is 5.92 Å². The molecule has 0 amide bonds. The van der Waals surface area contributed by atoms with Crippen molar-refractivity contribution in [3.63, 3.8) is 0 Å². The van der Waals surface area contributed by atoms with E-state index < -0.39 is 78.9 Å². The lowest BCUT2D eigenvalue weighted by Gasteiger charge is -2.44. The van der Waals surface area contributed by atoms with Crippen molar-refractivity contribution in [2.45, 2.75) is 88.1 Å². The Balaban J connectivity index is 2.14. The van der Waals surface area contributed by atoms with Gasteiger partial charge in [-0.1, -0.05) is 6.92 Å². The monoisotopic (exact) mass is 536 g/mol. The van der Waals surface area contributed by atoms with Gasteiger partial charge in [-0.15, -0.1) is 0 Å². The largest absolute Gasteiger partial charge is 0.481 e. The first-order valence-corrected chi connectivity index (χ1v) is 14.2. The number of hydrogen-bond acceptors (Lipinski definition) is 10. The van der Waals surface area contributed by atoms with Crippen LogP contribution in [0.2, 0.25) is 0 Å². The Labute approximate surface area is 213 Å². The fourth-order valence-electron chi connectivity index (χ4n) is 4.69. The summed E-state index contributed by atoms with van der Waals surface area (Å²) in [6.45, 7) is 2.13. The summed E-state index contributed by atoms with van der Waals surface area (Å²) in [6.07, 6.45) is -1.81. The Morgan fingerprint density at radius 2 is 1.34 bits per heavy atom. The van der Waals surface area contributed by atoms with Crippen molar-refractivity contribution in [2.24, 2.45) is 5.92 Å². The molecule has 4 atom stereocenters. The maximum Gasteiger partial charge on any atom is 0.309 e. The van der Waals surface area contributed by atoms with E-state index in [1.807, 2.05) is 11.8 Å². The molecule has 200 valence electrons. The molecule has 0 bridgehead atoms. The zero-order valence-electron chi connectivity index (χ0n) is 20.0. The minimum absolute atomic E-state index is 0.153. The summed E-state index contributed by atoms with van der Waals surface area (Å²) in [4.78, 5) is 47.1. The molecule has 0 radical (unpaired) electrons. The number of carbonyl (C=O) groups excluding carboxylic acids is 2. The number of carboxylic acid groups (broad SMARTS) is 2. The maximum atomic E-state index is 12.3. The number of carboxylic acids is 2.